The second-order valence-corrected chi connectivity index (χ2v) is 8.11. The van der Waals surface area contributed by atoms with Crippen LogP contribution >= 0.6 is 11.3 Å². The van der Waals surface area contributed by atoms with Crippen LogP contribution in [0.3, 0.4) is 0 Å². The van der Waals surface area contributed by atoms with E-state index in [1.807, 2.05) is 47.8 Å². The number of rotatable bonds is 7. The van der Waals surface area contributed by atoms with E-state index in [-0.39, 0.29) is 5.82 Å². The highest BCUT2D eigenvalue weighted by molar-refractivity contribution is 7.10. The monoisotopic (exact) mass is 411 g/mol. The first-order valence-corrected chi connectivity index (χ1v) is 10.1. The molecule has 150 valence electrons. The minimum atomic E-state index is -0.869. The topological polar surface area (TPSA) is 55.4 Å². The predicted molar refractivity (Wildman–Crippen MR) is 111 cm³/mol. The van der Waals surface area contributed by atoms with Crippen molar-refractivity contribution in [1.29, 1.82) is 0 Å². The number of nitrogens with one attached hydrogen (secondary N) is 1. The molecule has 0 fully saturated rings. The second kappa shape index (κ2) is 9.01. The smallest absolute Gasteiger partial charge is 0.316 e. The van der Waals surface area contributed by atoms with Crippen LogP contribution in [-0.2, 0) is 19.7 Å². The lowest BCUT2D eigenvalue weighted by Crippen LogP contribution is -2.36. The molecule has 1 atom stereocenters. The number of ether oxygens (including phenoxy) is 1. The van der Waals surface area contributed by atoms with Gasteiger partial charge in [-0.3, -0.25) is 9.59 Å². The molecule has 29 heavy (non-hydrogen) atoms. The van der Waals surface area contributed by atoms with Crippen LogP contribution in [0.15, 0.2) is 72.1 Å². The van der Waals surface area contributed by atoms with Crippen molar-refractivity contribution in [2.75, 3.05) is 6.61 Å². The van der Waals surface area contributed by atoms with Crippen molar-refractivity contribution in [1.82, 2.24) is 5.32 Å². The molecule has 1 aromatic heterocycles. The molecule has 1 N–H and O–H groups in total. The van der Waals surface area contributed by atoms with Crippen molar-refractivity contribution in [3.63, 3.8) is 0 Å². The molecule has 0 unspecified atom stereocenters. The highest BCUT2D eigenvalue weighted by Crippen LogP contribution is 2.27. The van der Waals surface area contributed by atoms with E-state index in [0.717, 1.165) is 16.0 Å². The Hall–Kier alpha value is -2.99. The summed E-state index contributed by atoms with van der Waals surface area (Å²) in [5.74, 6) is -1.25. The zero-order valence-corrected chi connectivity index (χ0v) is 17.0. The summed E-state index contributed by atoms with van der Waals surface area (Å²) in [5.41, 5.74) is 0.692. The Morgan fingerprint density at radius 2 is 1.72 bits per heavy atom. The molecular formula is C23H22FNO3S. The molecule has 0 spiro atoms. The highest BCUT2D eigenvalue weighted by Gasteiger charge is 2.32. The van der Waals surface area contributed by atoms with Crippen LogP contribution in [0, 0.1) is 5.82 Å². The third-order valence-corrected chi connectivity index (χ3v) is 5.61. The Morgan fingerprint density at radius 1 is 1.03 bits per heavy atom. The summed E-state index contributed by atoms with van der Waals surface area (Å²) in [6.45, 7) is 3.13. The van der Waals surface area contributed by atoms with Crippen LogP contribution in [0.4, 0.5) is 4.39 Å². The lowest BCUT2D eigenvalue weighted by molar-refractivity contribution is -0.153. The number of halogens is 1. The Bertz CT molecular complexity index is 954. The van der Waals surface area contributed by atoms with Crippen molar-refractivity contribution < 1.29 is 18.7 Å². The van der Waals surface area contributed by atoms with E-state index < -0.39 is 29.9 Å². The zero-order valence-electron chi connectivity index (χ0n) is 16.2. The lowest BCUT2D eigenvalue weighted by Gasteiger charge is -2.23. The minimum absolute atomic E-state index is 0.345. The molecule has 0 radical (unpaired) electrons. The molecule has 2 aromatic carbocycles. The van der Waals surface area contributed by atoms with Crippen molar-refractivity contribution in [3.8, 4) is 0 Å². The van der Waals surface area contributed by atoms with Crippen LogP contribution in [0.5, 0.6) is 0 Å². The van der Waals surface area contributed by atoms with Gasteiger partial charge in [-0.15, -0.1) is 11.3 Å². The number of hydrogen-bond acceptors (Lipinski definition) is 4. The van der Waals surface area contributed by atoms with Crippen LogP contribution < -0.4 is 5.32 Å². The quantitative estimate of drug-likeness (QED) is 0.578. The van der Waals surface area contributed by atoms with Crippen molar-refractivity contribution in [3.05, 3.63) is 93.9 Å². The third-order valence-electron chi connectivity index (χ3n) is 4.68. The number of benzene rings is 2. The number of amides is 1. The third kappa shape index (κ3) is 5.09. The van der Waals surface area contributed by atoms with Gasteiger partial charge in [0, 0.05) is 4.88 Å². The van der Waals surface area contributed by atoms with Crippen LogP contribution in [-0.4, -0.2) is 18.5 Å². The fourth-order valence-corrected chi connectivity index (χ4v) is 3.72. The predicted octanol–water partition coefficient (Wildman–Crippen LogP) is 4.61. The van der Waals surface area contributed by atoms with E-state index in [2.05, 4.69) is 5.32 Å². The van der Waals surface area contributed by atoms with Crippen molar-refractivity contribution in [2.24, 2.45) is 0 Å². The number of esters is 1. The maximum Gasteiger partial charge on any atom is 0.316 e. The number of hydrogen-bond donors (Lipinski definition) is 1. The number of carbonyl (C=O) groups excluding carboxylic acids is 2. The normalized spacial score (nSPS) is 12.2. The van der Waals surface area contributed by atoms with Crippen LogP contribution in [0.25, 0.3) is 0 Å². The van der Waals surface area contributed by atoms with E-state index >= 15 is 0 Å². The number of thiophene rings is 1. The molecule has 6 heteroatoms. The summed E-state index contributed by atoms with van der Waals surface area (Å²) >= 11 is 1.48. The Morgan fingerprint density at radius 3 is 2.34 bits per heavy atom. The fraction of sp³-hybridized carbons (Fsp3) is 0.217. The molecule has 0 saturated carbocycles. The summed E-state index contributed by atoms with van der Waals surface area (Å²) in [5, 5.41) is 4.78. The Balaban J connectivity index is 1.66. The van der Waals surface area contributed by atoms with Gasteiger partial charge in [-0.25, -0.2) is 4.39 Å². The van der Waals surface area contributed by atoms with Crippen LogP contribution in [0.2, 0.25) is 0 Å². The summed E-state index contributed by atoms with van der Waals surface area (Å²) in [6.07, 6.45) is 0. The highest BCUT2D eigenvalue weighted by atomic mass is 32.1. The van der Waals surface area contributed by atoms with Crippen molar-refractivity contribution >= 4 is 23.2 Å². The second-order valence-electron chi connectivity index (χ2n) is 7.13. The molecule has 0 aliphatic carbocycles. The SMILES string of the molecule is CC(C)(C(=O)OCC(=O)N[C@H](c1ccc(F)cc1)c1cccs1)c1ccccc1. The zero-order chi connectivity index (χ0) is 20.9. The average molecular weight is 411 g/mol. The molecular weight excluding hydrogens is 389 g/mol. The van der Waals surface area contributed by atoms with Gasteiger partial charge in [0.15, 0.2) is 6.61 Å². The van der Waals surface area contributed by atoms with Gasteiger partial charge in [-0.05, 0) is 48.6 Å². The first kappa shape index (κ1) is 20.7. The Labute approximate surface area is 173 Å². The molecule has 3 aromatic rings. The molecule has 4 nitrogen and oxygen atoms in total. The van der Waals surface area contributed by atoms with Gasteiger partial charge < -0.3 is 10.1 Å². The van der Waals surface area contributed by atoms with Gasteiger partial charge in [-0.1, -0.05) is 48.5 Å². The van der Waals surface area contributed by atoms with E-state index in [0.29, 0.717) is 0 Å². The fourth-order valence-electron chi connectivity index (χ4n) is 2.92. The van der Waals surface area contributed by atoms with E-state index in [1.54, 1.807) is 26.0 Å². The molecule has 0 aliphatic rings. The average Bonchev–Trinajstić information content (AvgIpc) is 3.26. The van der Waals surface area contributed by atoms with Crippen molar-refractivity contribution in [2.45, 2.75) is 25.3 Å². The molecule has 1 amide bonds. The summed E-state index contributed by atoms with van der Waals surface area (Å²) < 4.78 is 18.6. The van der Waals surface area contributed by atoms with Gasteiger partial charge >= 0.3 is 5.97 Å². The molecule has 0 saturated heterocycles. The maximum atomic E-state index is 13.3. The summed E-state index contributed by atoms with van der Waals surface area (Å²) in [6, 6.07) is 18.6. The molecule has 3 rings (SSSR count). The summed E-state index contributed by atoms with van der Waals surface area (Å²) in [7, 11) is 0. The van der Waals surface area contributed by atoms with E-state index in [9.17, 15) is 14.0 Å². The Kier molecular flexibility index (Phi) is 6.44. The van der Waals surface area contributed by atoms with E-state index in [4.69, 9.17) is 4.74 Å². The first-order valence-electron chi connectivity index (χ1n) is 9.19. The maximum absolute atomic E-state index is 13.3. The standard InChI is InChI=1S/C23H22FNO3S/c1-23(2,17-7-4-3-5-8-17)22(27)28-15-20(26)25-21(19-9-6-14-29-19)16-10-12-18(24)13-11-16/h3-14,21H,15H2,1-2H3,(H,25,26)/t21-/m1/s1. The molecule has 0 aliphatic heterocycles. The largest absolute Gasteiger partial charge is 0.455 e. The van der Waals surface area contributed by atoms with Gasteiger partial charge in [0.25, 0.3) is 5.91 Å². The summed E-state index contributed by atoms with van der Waals surface area (Å²) in [4.78, 5) is 26.0. The molecule has 0 bridgehead atoms. The first-order chi connectivity index (χ1) is 13.9. The van der Waals surface area contributed by atoms with Gasteiger partial charge in [-0.2, -0.15) is 0 Å². The molecule has 1 heterocycles. The van der Waals surface area contributed by atoms with Gasteiger partial charge in [0.2, 0.25) is 0 Å². The van der Waals surface area contributed by atoms with Crippen LogP contribution in [0.1, 0.15) is 35.9 Å². The van der Waals surface area contributed by atoms with Gasteiger partial charge in [0.05, 0.1) is 11.5 Å². The van der Waals surface area contributed by atoms with E-state index in [1.165, 1.54) is 23.5 Å². The number of carbonyl (C=O) groups is 2. The van der Waals surface area contributed by atoms with Gasteiger partial charge in [0.1, 0.15) is 5.82 Å². The lowest BCUT2D eigenvalue weighted by atomic mass is 9.85. The minimum Gasteiger partial charge on any atom is -0.455 e.